The number of thiocarbonyl (C=S) groups is 1. The molecule has 0 aromatic heterocycles. The number of nitrogens with one attached hydrogen (secondary N) is 1. The summed E-state index contributed by atoms with van der Waals surface area (Å²) < 4.78 is 11.1. The number of benzene rings is 2. The number of nitrogens with zero attached hydrogens (tertiary/aromatic N) is 1. The largest absolute Gasteiger partial charge is 0.454 e. The van der Waals surface area contributed by atoms with Gasteiger partial charge in [0, 0.05) is 24.7 Å². The summed E-state index contributed by atoms with van der Waals surface area (Å²) in [5, 5.41) is 2.84. The summed E-state index contributed by atoms with van der Waals surface area (Å²) >= 11 is 6.68. The highest BCUT2D eigenvalue weighted by Crippen LogP contribution is 2.34. The number of carbonyl (C=O) groups is 2. The molecule has 2 heterocycles. The van der Waals surface area contributed by atoms with E-state index in [1.165, 1.54) is 11.8 Å². The van der Waals surface area contributed by atoms with Crippen molar-refractivity contribution in [3.63, 3.8) is 0 Å². The lowest BCUT2D eigenvalue weighted by atomic mass is 10.1. The van der Waals surface area contributed by atoms with Crippen molar-refractivity contribution < 1.29 is 19.1 Å². The Morgan fingerprint density at radius 1 is 1.19 bits per heavy atom. The molecule has 8 heteroatoms. The summed E-state index contributed by atoms with van der Waals surface area (Å²) in [5.74, 6) is 1.03. The molecule has 0 atom stereocenters. The molecular formula is C24H22N2O4S2. The third-order valence-electron chi connectivity index (χ3n) is 4.87. The molecule has 0 spiro atoms. The quantitative estimate of drug-likeness (QED) is 0.458. The third kappa shape index (κ3) is 5.38. The van der Waals surface area contributed by atoms with E-state index in [9.17, 15) is 9.59 Å². The Kier molecular flexibility index (Phi) is 6.92. The maximum atomic E-state index is 12.8. The second kappa shape index (κ2) is 10.0. The number of carbonyl (C=O) groups excluding carboxylic acids is 2. The van der Waals surface area contributed by atoms with Gasteiger partial charge in [-0.15, -0.1) is 0 Å². The van der Waals surface area contributed by atoms with Gasteiger partial charge in [-0.1, -0.05) is 60.4 Å². The molecule has 1 N–H and O–H groups in total. The second-order valence-corrected chi connectivity index (χ2v) is 9.03. The second-order valence-electron chi connectivity index (χ2n) is 7.35. The lowest BCUT2D eigenvalue weighted by molar-refractivity contribution is -0.122. The van der Waals surface area contributed by atoms with Gasteiger partial charge < -0.3 is 14.8 Å². The van der Waals surface area contributed by atoms with Gasteiger partial charge in [-0.2, -0.15) is 0 Å². The van der Waals surface area contributed by atoms with Crippen LogP contribution in [0.4, 0.5) is 5.69 Å². The first-order chi connectivity index (χ1) is 15.5. The van der Waals surface area contributed by atoms with E-state index >= 15 is 0 Å². The summed E-state index contributed by atoms with van der Waals surface area (Å²) in [7, 11) is 0. The Hall–Kier alpha value is -3.10. The zero-order valence-electron chi connectivity index (χ0n) is 17.5. The van der Waals surface area contributed by atoms with Crippen LogP contribution in [0, 0.1) is 0 Å². The maximum absolute atomic E-state index is 12.8. The summed E-state index contributed by atoms with van der Waals surface area (Å²) in [6.45, 7) is 2.55. The fraction of sp³-hybridized carbons (Fsp3) is 0.208. The monoisotopic (exact) mass is 466 g/mol. The molecule has 32 heavy (non-hydrogen) atoms. The van der Waals surface area contributed by atoms with Crippen molar-refractivity contribution in [2.24, 2.45) is 0 Å². The number of hydrogen-bond acceptors (Lipinski definition) is 6. The molecule has 0 unspecified atom stereocenters. The van der Waals surface area contributed by atoms with Crippen LogP contribution in [0.25, 0.3) is 6.08 Å². The molecule has 0 bridgehead atoms. The van der Waals surface area contributed by atoms with Gasteiger partial charge >= 0.3 is 0 Å². The molecule has 0 aliphatic carbocycles. The van der Waals surface area contributed by atoms with Crippen LogP contribution in [-0.4, -0.2) is 34.4 Å². The Morgan fingerprint density at radius 3 is 2.78 bits per heavy atom. The molecule has 2 amide bonds. The first kappa shape index (κ1) is 22.1. The molecule has 164 valence electrons. The lowest BCUT2D eigenvalue weighted by Crippen LogP contribution is -2.29. The van der Waals surface area contributed by atoms with Crippen molar-refractivity contribution >= 4 is 51.9 Å². The molecule has 0 radical (unpaired) electrons. The molecule has 4 rings (SSSR count). The van der Waals surface area contributed by atoms with Gasteiger partial charge in [-0.05, 0) is 42.7 Å². The van der Waals surface area contributed by atoms with Crippen LogP contribution in [0.5, 0.6) is 11.5 Å². The highest BCUT2D eigenvalue weighted by molar-refractivity contribution is 8.26. The highest BCUT2D eigenvalue weighted by Gasteiger charge is 2.31. The van der Waals surface area contributed by atoms with E-state index in [0.717, 1.165) is 11.1 Å². The Balaban J connectivity index is 1.29. The average Bonchev–Trinajstić information content (AvgIpc) is 3.33. The van der Waals surface area contributed by atoms with Crippen LogP contribution in [0.3, 0.4) is 0 Å². The smallest absolute Gasteiger partial charge is 0.266 e. The number of rotatable bonds is 7. The molecule has 2 aliphatic heterocycles. The molecule has 1 saturated heterocycles. The molecule has 0 saturated carbocycles. The highest BCUT2D eigenvalue weighted by atomic mass is 32.2. The van der Waals surface area contributed by atoms with Crippen LogP contribution in [0.15, 0.2) is 65.1 Å². The van der Waals surface area contributed by atoms with Crippen molar-refractivity contribution in [1.82, 2.24) is 4.90 Å². The van der Waals surface area contributed by atoms with E-state index in [4.69, 9.17) is 21.7 Å². The van der Waals surface area contributed by atoms with Gasteiger partial charge in [0.15, 0.2) is 11.5 Å². The van der Waals surface area contributed by atoms with Crippen LogP contribution in [0.1, 0.15) is 25.3 Å². The molecular weight excluding hydrogens is 444 g/mol. The zero-order valence-corrected chi connectivity index (χ0v) is 19.1. The number of anilines is 1. The van der Waals surface area contributed by atoms with Gasteiger partial charge in [0.05, 0.1) is 4.91 Å². The molecule has 6 nitrogen and oxygen atoms in total. The van der Waals surface area contributed by atoms with Crippen LogP contribution in [-0.2, 0) is 9.59 Å². The maximum Gasteiger partial charge on any atom is 0.266 e. The number of thioether (sulfide) groups is 1. The predicted octanol–water partition coefficient (Wildman–Crippen LogP) is 4.98. The van der Waals surface area contributed by atoms with E-state index in [1.807, 2.05) is 49.4 Å². The van der Waals surface area contributed by atoms with Gasteiger partial charge in [0.1, 0.15) is 4.32 Å². The Labute approximate surface area is 196 Å². The standard InChI is InChI=1S/C24H22N2O4S2/c1-16(12-17-6-3-2-4-7-17)13-21-23(28)26(24(31)32-21)11-5-8-22(27)25-18-9-10-19-20(14-18)30-15-29-19/h2-4,6-7,9-10,12-14H,5,8,11,15H2,1H3,(H,25,27)/b16-12+,21-13-. The minimum absolute atomic E-state index is 0.114. The predicted molar refractivity (Wildman–Crippen MR) is 131 cm³/mol. The summed E-state index contributed by atoms with van der Waals surface area (Å²) in [4.78, 5) is 27.2. The fourth-order valence-corrected chi connectivity index (χ4v) is 4.71. The number of ether oxygens (including phenoxy) is 2. The van der Waals surface area contributed by atoms with Crippen molar-refractivity contribution in [2.45, 2.75) is 19.8 Å². The number of hydrogen-bond donors (Lipinski definition) is 1. The first-order valence-electron chi connectivity index (χ1n) is 10.2. The molecule has 1 fully saturated rings. The fourth-order valence-electron chi connectivity index (χ4n) is 3.35. The average molecular weight is 467 g/mol. The molecule has 2 aromatic rings. The molecule has 2 aromatic carbocycles. The summed E-state index contributed by atoms with van der Waals surface area (Å²) in [6.07, 6.45) is 4.66. The van der Waals surface area contributed by atoms with E-state index < -0.39 is 0 Å². The number of amides is 2. The van der Waals surface area contributed by atoms with Gasteiger partial charge in [0.25, 0.3) is 5.91 Å². The number of fused-ring (bicyclic) bond motifs is 1. The zero-order chi connectivity index (χ0) is 22.5. The molecule has 2 aliphatic rings. The van der Waals surface area contributed by atoms with E-state index in [0.29, 0.717) is 39.4 Å². The van der Waals surface area contributed by atoms with Crippen molar-refractivity contribution in [3.05, 3.63) is 70.6 Å². The van der Waals surface area contributed by atoms with E-state index in [-0.39, 0.29) is 25.0 Å². The van der Waals surface area contributed by atoms with Crippen molar-refractivity contribution in [3.8, 4) is 11.5 Å². The normalized spacial score (nSPS) is 16.7. The van der Waals surface area contributed by atoms with E-state index in [2.05, 4.69) is 5.32 Å². The van der Waals surface area contributed by atoms with Crippen LogP contribution >= 0.6 is 24.0 Å². The summed E-state index contributed by atoms with van der Waals surface area (Å²) in [5.41, 5.74) is 2.69. The first-order valence-corrected chi connectivity index (χ1v) is 11.4. The van der Waals surface area contributed by atoms with E-state index in [1.54, 1.807) is 23.1 Å². The topological polar surface area (TPSA) is 67.9 Å². The van der Waals surface area contributed by atoms with Crippen LogP contribution < -0.4 is 14.8 Å². The van der Waals surface area contributed by atoms with Crippen molar-refractivity contribution in [1.29, 1.82) is 0 Å². The Morgan fingerprint density at radius 2 is 1.97 bits per heavy atom. The minimum Gasteiger partial charge on any atom is -0.454 e. The SMILES string of the molecule is CC(/C=C1\SC(=S)N(CCCC(=O)Nc2ccc3c(c2)OCO3)C1=O)=C\c1ccccc1. The van der Waals surface area contributed by atoms with Gasteiger partial charge in [-0.3, -0.25) is 14.5 Å². The van der Waals surface area contributed by atoms with Crippen LogP contribution in [0.2, 0.25) is 0 Å². The van der Waals surface area contributed by atoms with Gasteiger partial charge in [-0.25, -0.2) is 0 Å². The number of allylic oxidation sites excluding steroid dienone is 2. The Bertz CT molecular complexity index is 1110. The van der Waals surface area contributed by atoms with Crippen molar-refractivity contribution in [2.75, 3.05) is 18.7 Å². The third-order valence-corrected chi connectivity index (χ3v) is 6.25. The van der Waals surface area contributed by atoms with Gasteiger partial charge in [0.2, 0.25) is 12.7 Å². The lowest BCUT2D eigenvalue weighted by Gasteiger charge is -2.14. The summed E-state index contributed by atoms with van der Waals surface area (Å²) in [6, 6.07) is 15.2. The minimum atomic E-state index is -0.133.